The van der Waals surface area contributed by atoms with Crippen molar-refractivity contribution in [3.8, 4) is 0 Å². The van der Waals surface area contributed by atoms with E-state index in [0.717, 1.165) is 38.2 Å². The van der Waals surface area contributed by atoms with Crippen molar-refractivity contribution in [3.63, 3.8) is 0 Å². The van der Waals surface area contributed by atoms with E-state index in [0.29, 0.717) is 13.2 Å². The summed E-state index contributed by atoms with van der Waals surface area (Å²) in [6, 6.07) is 8.38. The first-order valence-electron chi connectivity index (χ1n) is 8.87. The SMILES string of the molecule is CCNC(=NCc1cccc(COC)c1)N(C)CCOCC1CC1. The van der Waals surface area contributed by atoms with E-state index < -0.39 is 0 Å². The van der Waals surface area contributed by atoms with Crippen LogP contribution in [0.2, 0.25) is 0 Å². The van der Waals surface area contributed by atoms with Crippen LogP contribution in [0, 0.1) is 5.92 Å². The average molecular weight is 333 g/mol. The molecule has 1 aliphatic rings. The van der Waals surface area contributed by atoms with Crippen LogP contribution in [0.5, 0.6) is 0 Å². The lowest BCUT2D eigenvalue weighted by molar-refractivity contribution is 0.115. The molecule has 0 atom stereocenters. The molecule has 0 unspecified atom stereocenters. The van der Waals surface area contributed by atoms with Crippen molar-refractivity contribution in [2.75, 3.05) is 40.5 Å². The van der Waals surface area contributed by atoms with E-state index in [1.54, 1.807) is 7.11 Å². The fourth-order valence-corrected chi connectivity index (χ4v) is 2.46. The second-order valence-electron chi connectivity index (χ2n) is 6.36. The fourth-order valence-electron chi connectivity index (χ4n) is 2.46. The number of methoxy groups -OCH3 is 1. The molecule has 24 heavy (non-hydrogen) atoms. The first-order valence-corrected chi connectivity index (χ1v) is 8.87. The van der Waals surface area contributed by atoms with Crippen molar-refractivity contribution in [2.45, 2.75) is 32.9 Å². The van der Waals surface area contributed by atoms with Crippen molar-refractivity contribution in [3.05, 3.63) is 35.4 Å². The molecule has 1 fully saturated rings. The minimum Gasteiger partial charge on any atom is -0.380 e. The van der Waals surface area contributed by atoms with E-state index in [9.17, 15) is 0 Å². The molecule has 5 heteroatoms. The summed E-state index contributed by atoms with van der Waals surface area (Å²) in [7, 11) is 3.78. The molecule has 5 nitrogen and oxygen atoms in total. The van der Waals surface area contributed by atoms with Gasteiger partial charge in [0, 0.05) is 33.9 Å². The molecule has 1 aliphatic carbocycles. The average Bonchev–Trinajstić information content (AvgIpc) is 3.40. The smallest absolute Gasteiger partial charge is 0.194 e. The third kappa shape index (κ3) is 6.89. The number of likely N-dealkylation sites (N-methyl/N-ethyl adjacent to an activating group) is 1. The first-order chi connectivity index (χ1) is 11.7. The molecule has 0 aliphatic heterocycles. The highest BCUT2D eigenvalue weighted by molar-refractivity contribution is 5.79. The Morgan fingerprint density at radius 1 is 1.33 bits per heavy atom. The highest BCUT2D eigenvalue weighted by Gasteiger charge is 2.21. The zero-order valence-corrected chi connectivity index (χ0v) is 15.3. The van der Waals surface area contributed by atoms with Crippen molar-refractivity contribution >= 4 is 5.96 Å². The van der Waals surface area contributed by atoms with Crippen LogP contribution in [0.1, 0.15) is 30.9 Å². The Morgan fingerprint density at radius 2 is 2.12 bits per heavy atom. The monoisotopic (exact) mass is 333 g/mol. The lowest BCUT2D eigenvalue weighted by Crippen LogP contribution is -2.40. The van der Waals surface area contributed by atoms with Crippen molar-refractivity contribution in [1.29, 1.82) is 0 Å². The third-order valence-electron chi connectivity index (χ3n) is 4.03. The zero-order valence-electron chi connectivity index (χ0n) is 15.3. The van der Waals surface area contributed by atoms with Gasteiger partial charge in [0.25, 0.3) is 0 Å². The van der Waals surface area contributed by atoms with E-state index >= 15 is 0 Å². The molecular weight excluding hydrogens is 302 g/mol. The van der Waals surface area contributed by atoms with Crippen LogP contribution >= 0.6 is 0 Å². The molecule has 1 aromatic rings. The fraction of sp³-hybridized carbons (Fsp3) is 0.632. The number of hydrogen-bond acceptors (Lipinski definition) is 3. The molecule has 0 heterocycles. The van der Waals surface area contributed by atoms with Gasteiger partial charge in [-0.15, -0.1) is 0 Å². The molecular formula is C19H31N3O2. The maximum Gasteiger partial charge on any atom is 0.194 e. The van der Waals surface area contributed by atoms with E-state index in [4.69, 9.17) is 14.5 Å². The van der Waals surface area contributed by atoms with Crippen LogP contribution in [0.25, 0.3) is 0 Å². The van der Waals surface area contributed by atoms with Gasteiger partial charge in [-0.05, 0) is 36.8 Å². The van der Waals surface area contributed by atoms with Crippen LogP contribution in [-0.2, 0) is 22.6 Å². The molecule has 0 saturated heterocycles. The van der Waals surface area contributed by atoms with Gasteiger partial charge in [-0.25, -0.2) is 4.99 Å². The van der Waals surface area contributed by atoms with Crippen LogP contribution in [0.4, 0.5) is 0 Å². The van der Waals surface area contributed by atoms with Gasteiger partial charge in [0.05, 0.1) is 19.8 Å². The normalized spacial score (nSPS) is 14.7. The lowest BCUT2D eigenvalue weighted by Gasteiger charge is -2.22. The first kappa shape index (κ1) is 18.7. The molecule has 1 aromatic carbocycles. The standard InChI is InChI=1S/C19H31N3O2/c1-4-20-19(22(2)10-11-24-15-16-8-9-16)21-13-17-6-5-7-18(12-17)14-23-3/h5-7,12,16H,4,8-11,13-15H2,1-3H3,(H,20,21). The van der Waals surface area contributed by atoms with Crippen molar-refractivity contribution in [1.82, 2.24) is 10.2 Å². The van der Waals surface area contributed by atoms with Crippen molar-refractivity contribution in [2.24, 2.45) is 10.9 Å². The Kier molecular flexibility index (Phi) is 8.05. The third-order valence-corrected chi connectivity index (χ3v) is 4.03. The Hall–Kier alpha value is -1.59. The number of hydrogen-bond donors (Lipinski definition) is 1. The molecule has 1 N–H and O–H groups in total. The molecule has 2 rings (SSSR count). The van der Waals surface area contributed by atoms with Gasteiger partial charge in [-0.2, -0.15) is 0 Å². The maximum absolute atomic E-state index is 5.72. The van der Waals surface area contributed by atoms with Gasteiger partial charge < -0.3 is 19.7 Å². The second-order valence-corrected chi connectivity index (χ2v) is 6.36. The zero-order chi connectivity index (χ0) is 17.2. The van der Waals surface area contributed by atoms with Gasteiger partial charge >= 0.3 is 0 Å². The summed E-state index contributed by atoms with van der Waals surface area (Å²) >= 11 is 0. The molecule has 1 saturated carbocycles. The number of nitrogens with one attached hydrogen (secondary N) is 1. The topological polar surface area (TPSA) is 46.1 Å². The number of ether oxygens (including phenoxy) is 2. The Labute approximate surface area is 146 Å². The summed E-state index contributed by atoms with van der Waals surface area (Å²) < 4.78 is 10.9. The molecule has 0 amide bonds. The predicted molar refractivity (Wildman–Crippen MR) is 98.1 cm³/mol. The summed E-state index contributed by atoms with van der Waals surface area (Å²) in [5.41, 5.74) is 2.37. The largest absolute Gasteiger partial charge is 0.380 e. The molecule has 0 bridgehead atoms. The van der Waals surface area contributed by atoms with E-state index in [-0.39, 0.29) is 0 Å². The van der Waals surface area contributed by atoms with Gasteiger partial charge in [-0.3, -0.25) is 0 Å². The number of benzene rings is 1. The van der Waals surface area contributed by atoms with Crippen molar-refractivity contribution < 1.29 is 9.47 Å². The van der Waals surface area contributed by atoms with Crippen LogP contribution in [-0.4, -0.2) is 51.3 Å². The molecule has 0 radical (unpaired) electrons. The summed E-state index contributed by atoms with van der Waals surface area (Å²) in [5.74, 6) is 1.74. The molecule has 134 valence electrons. The van der Waals surface area contributed by atoms with E-state index in [1.165, 1.54) is 24.0 Å². The van der Waals surface area contributed by atoms with E-state index in [1.807, 2.05) is 0 Å². The van der Waals surface area contributed by atoms with Gasteiger partial charge in [0.1, 0.15) is 0 Å². The maximum atomic E-state index is 5.72. The summed E-state index contributed by atoms with van der Waals surface area (Å²) in [6.07, 6.45) is 2.67. The Bertz CT molecular complexity index is 515. The lowest BCUT2D eigenvalue weighted by atomic mass is 10.1. The molecule has 0 aromatic heterocycles. The predicted octanol–water partition coefficient (Wildman–Crippen LogP) is 2.66. The molecule has 0 spiro atoms. The number of guanidine groups is 1. The number of rotatable bonds is 10. The number of aliphatic imine (C=N–C) groups is 1. The summed E-state index contributed by atoms with van der Waals surface area (Å²) in [4.78, 5) is 6.88. The van der Waals surface area contributed by atoms with Crippen LogP contribution in [0.15, 0.2) is 29.3 Å². The van der Waals surface area contributed by atoms with E-state index in [2.05, 4.69) is 48.5 Å². The Balaban J connectivity index is 1.84. The second kappa shape index (κ2) is 10.3. The highest BCUT2D eigenvalue weighted by Crippen LogP contribution is 2.28. The van der Waals surface area contributed by atoms with Crippen LogP contribution in [0.3, 0.4) is 0 Å². The summed E-state index contributed by atoms with van der Waals surface area (Å²) in [5, 5.41) is 3.35. The Morgan fingerprint density at radius 3 is 2.83 bits per heavy atom. The number of nitrogens with zero attached hydrogens (tertiary/aromatic N) is 2. The van der Waals surface area contributed by atoms with Gasteiger partial charge in [-0.1, -0.05) is 24.3 Å². The quantitative estimate of drug-likeness (QED) is 0.406. The van der Waals surface area contributed by atoms with Gasteiger partial charge in [0.15, 0.2) is 5.96 Å². The minimum atomic E-state index is 0.635. The minimum absolute atomic E-state index is 0.635. The highest BCUT2D eigenvalue weighted by atomic mass is 16.5. The summed E-state index contributed by atoms with van der Waals surface area (Å²) in [6.45, 7) is 6.75. The van der Waals surface area contributed by atoms with Crippen LogP contribution < -0.4 is 5.32 Å². The van der Waals surface area contributed by atoms with Gasteiger partial charge in [0.2, 0.25) is 0 Å².